The fourth-order valence-electron chi connectivity index (χ4n) is 2.76. The quantitative estimate of drug-likeness (QED) is 0.675. The summed E-state index contributed by atoms with van der Waals surface area (Å²) in [5.74, 6) is 0.835. The average Bonchev–Trinajstić information content (AvgIpc) is 2.88. The van der Waals surface area contributed by atoms with E-state index in [2.05, 4.69) is 53.2 Å². The van der Waals surface area contributed by atoms with Crippen molar-refractivity contribution in [2.45, 2.75) is 26.8 Å². The van der Waals surface area contributed by atoms with Crippen LogP contribution in [0, 0.1) is 12.8 Å². The molecule has 23 heavy (non-hydrogen) atoms. The number of hydrogen-bond acceptors (Lipinski definition) is 4. The number of H-pyrrole nitrogens is 1. The van der Waals surface area contributed by atoms with Crippen LogP contribution >= 0.6 is 0 Å². The van der Waals surface area contributed by atoms with E-state index in [1.165, 1.54) is 0 Å². The number of nitrogens with zero attached hydrogens (tertiary/aromatic N) is 2. The molecule has 0 aliphatic carbocycles. The number of nitrogens with one attached hydrogen (secondary N) is 2. The number of aliphatic hydroxyl groups excluding tert-OH is 1. The fraction of sp³-hybridized carbons (Fsp3) is 0.333. The molecule has 5 nitrogen and oxygen atoms in total. The summed E-state index contributed by atoms with van der Waals surface area (Å²) in [5.41, 5.74) is 4.15. The second-order valence-electron chi connectivity index (χ2n) is 6.11. The standard InChI is InChI=1S/C18H22N4O/c1-11(2)16(10-23)22-18-19-9-8-15(21-18)17-12(3)20-14-7-5-4-6-13(14)17/h4-9,11,16,20,23H,10H2,1-3H3,(H,19,21,22). The van der Waals surface area contributed by atoms with Crippen molar-refractivity contribution in [2.24, 2.45) is 5.92 Å². The third-order valence-electron chi connectivity index (χ3n) is 4.12. The van der Waals surface area contributed by atoms with E-state index in [9.17, 15) is 5.11 Å². The van der Waals surface area contributed by atoms with Crippen LogP contribution in [0.25, 0.3) is 22.2 Å². The summed E-state index contributed by atoms with van der Waals surface area (Å²) < 4.78 is 0. The van der Waals surface area contributed by atoms with E-state index in [4.69, 9.17) is 0 Å². The second-order valence-corrected chi connectivity index (χ2v) is 6.11. The van der Waals surface area contributed by atoms with Crippen molar-refractivity contribution >= 4 is 16.9 Å². The topological polar surface area (TPSA) is 73.8 Å². The summed E-state index contributed by atoms with van der Waals surface area (Å²) in [6, 6.07) is 10.1. The fourth-order valence-corrected chi connectivity index (χ4v) is 2.76. The highest BCUT2D eigenvalue weighted by Crippen LogP contribution is 2.31. The Labute approximate surface area is 135 Å². The monoisotopic (exact) mass is 310 g/mol. The van der Waals surface area contributed by atoms with Crippen LogP contribution in [0.3, 0.4) is 0 Å². The molecule has 0 bridgehead atoms. The summed E-state index contributed by atoms with van der Waals surface area (Å²) in [6.45, 7) is 6.22. The second kappa shape index (κ2) is 6.38. The third kappa shape index (κ3) is 3.05. The summed E-state index contributed by atoms with van der Waals surface area (Å²) >= 11 is 0. The highest BCUT2D eigenvalue weighted by Gasteiger charge is 2.15. The molecule has 3 N–H and O–H groups in total. The van der Waals surface area contributed by atoms with E-state index in [-0.39, 0.29) is 12.6 Å². The number of aliphatic hydroxyl groups is 1. The Morgan fingerprint density at radius 3 is 2.74 bits per heavy atom. The molecule has 1 atom stereocenters. The van der Waals surface area contributed by atoms with Gasteiger partial charge in [-0.15, -0.1) is 0 Å². The number of hydrogen-bond donors (Lipinski definition) is 3. The van der Waals surface area contributed by atoms with Gasteiger partial charge < -0.3 is 15.4 Å². The number of aryl methyl sites for hydroxylation is 1. The van der Waals surface area contributed by atoms with Crippen LogP contribution in [0.4, 0.5) is 5.95 Å². The first-order chi connectivity index (χ1) is 11.1. The van der Waals surface area contributed by atoms with E-state index in [1.54, 1.807) is 6.20 Å². The molecule has 5 heteroatoms. The highest BCUT2D eigenvalue weighted by atomic mass is 16.3. The molecule has 0 amide bonds. The lowest BCUT2D eigenvalue weighted by atomic mass is 10.1. The van der Waals surface area contributed by atoms with Crippen molar-refractivity contribution in [3.05, 3.63) is 42.2 Å². The van der Waals surface area contributed by atoms with Crippen molar-refractivity contribution in [3.8, 4) is 11.3 Å². The van der Waals surface area contributed by atoms with Crippen LogP contribution in [-0.2, 0) is 0 Å². The van der Waals surface area contributed by atoms with Crippen LogP contribution < -0.4 is 5.32 Å². The number of aromatic nitrogens is 3. The Morgan fingerprint density at radius 1 is 1.22 bits per heavy atom. The van der Waals surface area contributed by atoms with Crippen molar-refractivity contribution in [1.82, 2.24) is 15.0 Å². The highest BCUT2D eigenvalue weighted by molar-refractivity contribution is 5.96. The van der Waals surface area contributed by atoms with Gasteiger partial charge in [0.25, 0.3) is 0 Å². The van der Waals surface area contributed by atoms with Crippen LogP contribution in [0.5, 0.6) is 0 Å². The lowest BCUT2D eigenvalue weighted by molar-refractivity contribution is 0.248. The largest absolute Gasteiger partial charge is 0.394 e. The molecule has 0 aliphatic rings. The molecule has 0 saturated carbocycles. The maximum atomic E-state index is 9.47. The van der Waals surface area contributed by atoms with Crippen molar-refractivity contribution in [2.75, 3.05) is 11.9 Å². The van der Waals surface area contributed by atoms with Gasteiger partial charge in [-0.3, -0.25) is 0 Å². The van der Waals surface area contributed by atoms with Crippen LogP contribution in [0.15, 0.2) is 36.5 Å². The Balaban J connectivity index is 2.00. The molecule has 0 radical (unpaired) electrons. The molecule has 3 aromatic rings. The molecule has 0 saturated heterocycles. The smallest absolute Gasteiger partial charge is 0.223 e. The SMILES string of the molecule is Cc1[nH]c2ccccc2c1-c1ccnc(NC(CO)C(C)C)n1. The van der Waals surface area contributed by atoms with Gasteiger partial charge in [0.05, 0.1) is 18.3 Å². The maximum absolute atomic E-state index is 9.47. The molecule has 1 aromatic carbocycles. The van der Waals surface area contributed by atoms with Crippen molar-refractivity contribution < 1.29 is 5.11 Å². The van der Waals surface area contributed by atoms with Crippen molar-refractivity contribution in [1.29, 1.82) is 0 Å². The number of fused-ring (bicyclic) bond motifs is 1. The number of rotatable bonds is 5. The zero-order valence-electron chi connectivity index (χ0n) is 13.7. The molecule has 2 aromatic heterocycles. The predicted molar refractivity (Wildman–Crippen MR) is 93.4 cm³/mol. The number of anilines is 1. The molecule has 3 rings (SSSR count). The van der Waals surface area contributed by atoms with Gasteiger partial charge in [-0.1, -0.05) is 32.0 Å². The van der Waals surface area contributed by atoms with Crippen LogP contribution in [-0.4, -0.2) is 32.7 Å². The Hall–Kier alpha value is -2.40. The minimum atomic E-state index is -0.0608. The minimum absolute atomic E-state index is 0.0529. The molecule has 120 valence electrons. The summed E-state index contributed by atoms with van der Waals surface area (Å²) in [6.07, 6.45) is 1.75. The van der Waals surface area contributed by atoms with Crippen LogP contribution in [0.1, 0.15) is 19.5 Å². The van der Waals surface area contributed by atoms with Gasteiger partial charge in [-0.05, 0) is 25.0 Å². The Bertz CT molecular complexity index is 810. The zero-order valence-corrected chi connectivity index (χ0v) is 13.7. The maximum Gasteiger partial charge on any atom is 0.223 e. The first kappa shape index (κ1) is 15.5. The van der Waals surface area contributed by atoms with E-state index in [1.807, 2.05) is 18.2 Å². The molecule has 2 heterocycles. The van der Waals surface area contributed by atoms with E-state index in [0.717, 1.165) is 27.9 Å². The molecule has 0 fully saturated rings. The Morgan fingerprint density at radius 2 is 2.00 bits per heavy atom. The van der Waals surface area contributed by atoms with E-state index >= 15 is 0 Å². The summed E-state index contributed by atoms with van der Waals surface area (Å²) in [4.78, 5) is 12.3. The van der Waals surface area contributed by atoms with Gasteiger partial charge in [-0.25, -0.2) is 9.97 Å². The lowest BCUT2D eigenvalue weighted by Gasteiger charge is -2.19. The number of benzene rings is 1. The summed E-state index contributed by atoms with van der Waals surface area (Å²) in [7, 11) is 0. The number of aromatic amines is 1. The Kier molecular flexibility index (Phi) is 4.30. The molecular formula is C18H22N4O. The molecular weight excluding hydrogens is 288 g/mol. The van der Waals surface area contributed by atoms with E-state index < -0.39 is 0 Å². The lowest BCUT2D eigenvalue weighted by Crippen LogP contribution is -2.30. The predicted octanol–water partition coefficient (Wildman–Crippen LogP) is 3.36. The van der Waals surface area contributed by atoms with Gasteiger partial charge >= 0.3 is 0 Å². The first-order valence-electron chi connectivity index (χ1n) is 7.88. The molecule has 1 unspecified atom stereocenters. The first-order valence-corrected chi connectivity index (χ1v) is 7.88. The molecule has 0 spiro atoms. The van der Waals surface area contributed by atoms with Gasteiger partial charge in [0.1, 0.15) is 0 Å². The van der Waals surface area contributed by atoms with E-state index in [0.29, 0.717) is 11.9 Å². The third-order valence-corrected chi connectivity index (χ3v) is 4.12. The normalized spacial score (nSPS) is 12.7. The van der Waals surface area contributed by atoms with Gasteiger partial charge in [0.15, 0.2) is 0 Å². The number of para-hydroxylation sites is 1. The van der Waals surface area contributed by atoms with Gasteiger partial charge in [-0.2, -0.15) is 0 Å². The van der Waals surface area contributed by atoms with Gasteiger partial charge in [0.2, 0.25) is 5.95 Å². The van der Waals surface area contributed by atoms with Gasteiger partial charge in [0, 0.05) is 28.4 Å². The van der Waals surface area contributed by atoms with Crippen molar-refractivity contribution in [3.63, 3.8) is 0 Å². The van der Waals surface area contributed by atoms with Crippen LogP contribution in [0.2, 0.25) is 0 Å². The zero-order chi connectivity index (χ0) is 16.4. The minimum Gasteiger partial charge on any atom is -0.394 e. The molecule has 0 aliphatic heterocycles. The average molecular weight is 310 g/mol. The summed E-state index contributed by atoms with van der Waals surface area (Å²) in [5, 5.41) is 13.8.